The highest BCUT2D eigenvalue weighted by Gasteiger charge is 2.22. The molecule has 0 aliphatic heterocycles. The summed E-state index contributed by atoms with van der Waals surface area (Å²) >= 11 is 0. The lowest BCUT2D eigenvalue weighted by molar-refractivity contribution is -0.155. The number of hydrogen-bond acceptors (Lipinski definition) is 8. The lowest BCUT2D eigenvalue weighted by Crippen LogP contribution is -2.30. The van der Waals surface area contributed by atoms with E-state index in [0.29, 0.717) is 25.2 Å². The van der Waals surface area contributed by atoms with Crippen molar-refractivity contribution in [1.29, 1.82) is 0 Å². The molecular weight excluding hydrogens is 503 g/mol. The molecular formula is C27H33FN8O3. The van der Waals surface area contributed by atoms with Crippen molar-refractivity contribution in [1.82, 2.24) is 24.5 Å². The minimum atomic E-state index is -0.829. The molecule has 0 unspecified atom stereocenters. The Labute approximate surface area is 225 Å². The Morgan fingerprint density at radius 1 is 1.18 bits per heavy atom. The van der Waals surface area contributed by atoms with Crippen molar-refractivity contribution in [2.45, 2.75) is 65.3 Å². The van der Waals surface area contributed by atoms with Crippen LogP contribution in [-0.4, -0.2) is 48.1 Å². The number of carbonyl (C=O) groups is 2. The topological polar surface area (TPSA) is 142 Å². The first kappa shape index (κ1) is 27.6. The van der Waals surface area contributed by atoms with E-state index in [0.717, 1.165) is 17.0 Å². The van der Waals surface area contributed by atoms with Crippen LogP contribution in [0.5, 0.6) is 0 Å². The number of amides is 1. The summed E-state index contributed by atoms with van der Waals surface area (Å²) in [5.41, 5.74) is 6.38. The van der Waals surface area contributed by atoms with Crippen LogP contribution in [0.3, 0.4) is 0 Å². The number of hydrogen-bond donors (Lipinski definition) is 3. The van der Waals surface area contributed by atoms with Crippen molar-refractivity contribution in [2.75, 3.05) is 10.6 Å². The van der Waals surface area contributed by atoms with E-state index >= 15 is 4.39 Å². The number of halogens is 1. The largest absolute Gasteiger partial charge is 0.460 e. The number of ether oxygens (including phenoxy) is 1. The molecule has 0 fully saturated rings. The number of nitrogens with zero attached hydrogens (tertiary/aromatic N) is 5. The minimum Gasteiger partial charge on any atom is -0.460 e. The first-order valence-electron chi connectivity index (χ1n) is 12.7. The van der Waals surface area contributed by atoms with Crippen LogP contribution in [0.15, 0.2) is 48.9 Å². The van der Waals surface area contributed by atoms with Gasteiger partial charge in [-0.2, -0.15) is 10.2 Å². The van der Waals surface area contributed by atoms with E-state index in [1.807, 2.05) is 29.8 Å². The first-order valence-corrected chi connectivity index (χ1v) is 12.7. The smallest absolute Gasteiger partial charge is 0.306 e. The molecule has 206 valence electrons. The van der Waals surface area contributed by atoms with Gasteiger partial charge in [-0.25, -0.2) is 9.37 Å². The molecule has 0 saturated carbocycles. The molecule has 0 aliphatic carbocycles. The molecule has 0 saturated heterocycles. The van der Waals surface area contributed by atoms with Gasteiger partial charge >= 0.3 is 5.97 Å². The average molecular weight is 537 g/mol. The van der Waals surface area contributed by atoms with Gasteiger partial charge in [0.15, 0.2) is 11.6 Å². The fourth-order valence-corrected chi connectivity index (χ4v) is 4.19. The third-order valence-corrected chi connectivity index (χ3v) is 5.91. The number of benzene rings is 1. The van der Waals surface area contributed by atoms with Crippen LogP contribution in [0.4, 0.5) is 21.7 Å². The SMILES string of the molecule is CCn1ncc2c(Nc3nc(N[C@@H](CCC(=O)OC(C)(C)C)Cn4cccn4)c(F)cc3C(N)=O)cccc21. The maximum absolute atomic E-state index is 15.2. The van der Waals surface area contributed by atoms with Crippen LogP contribution in [0, 0.1) is 5.82 Å². The third-order valence-electron chi connectivity index (χ3n) is 5.91. The quantitative estimate of drug-likeness (QED) is 0.242. The Morgan fingerprint density at radius 2 is 1.97 bits per heavy atom. The lowest BCUT2D eigenvalue weighted by Gasteiger charge is -2.23. The van der Waals surface area contributed by atoms with Gasteiger partial charge in [0.1, 0.15) is 11.4 Å². The van der Waals surface area contributed by atoms with Gasteiger partial charge < -0.3 is 21.1 Å². The number of aryl methyl sites for hydroxylation is 1. The van der Waals surface area contributed by atoms with Gasteiger partial charge in [0.05, 0.1) is 29.5 Å². The van der Waals surface area contributed by atoms with Gasteiger partial charge in [-0.15, -0.1) is 0 Å². The predicted molar refractivity (Wildman–Crippen MR) is 146 cm³/mol. The number of nitrogens with one attached hydrogen (secondary N) is 2. The number of anilines is 3. The Kier molecular flexibility index (Phi) is 8.12. The van der Waals surface area contributed by atoms with Crippen molar-refractivity contribution in [3.05, 3.63) is 60.3 Å². The number of aromatic nitrogens is 5. The monoisotopic (exact) mass is 536 g/mol. The first-order chi connectivity index (χ1) is 18.5. The summed E-state index contributed by atoms with van der Waals surface area (Å²) in [4.78, 5) is 29.0. The highest BCUT2D eigenvalue weighted by molar-refractivity contribution is 6.00. The standard InChI is InChI=1S/C27H33FN8O3/c1-5-36-22-9-6-8-21(19(22)15-31-36)33-25-18(24(29)38)14-20(28)26(34-25)32-17(16-35-13-7-12-30-35)10-11-23(37)39-27(2,3)4/h6-9,12-15,17H,5,10-11,16H2,1-4H3,(H2,29,38)(H2,32,33,34)/t17-/m0/s1. The summed E-state index contributed by atoms with van der Waals surface area (Å²) in [7, 11) is 0. The summed E-state index contributed by atoms with van der Waals surface area (Å²) < 4.78 is 24.1. The van der Waals surface area contributed by atoms with Crippen LogP contribution in [0.25, 0.3) is 10.9 Å². The number of esters is 1. The van der Waals surface area contributed by atoms with Crippen LogP contribution in [0.2, 0.25) is 0 Å². The Hall–Kier alpha value is -4.48. The van der Waals surface area contributed by atoms with Gasteiger partial charge in [0, 0.05) is 36.8 Å². The molecule has 39 heavy (non-hydrogen) atoms. The predicted octanol–water partition coefficient (Wildman–Crippen LogP) is 4.23. The minimum absolute atomic E-state index is 0.0909. The third kappa shape index (κ3) is 6.89. The lowest BCUT2D eigenvalue weighted by atomic mass is 10.1. The molecule has 0 radical (unpaired) electrons. The van der Waals surface area contributed by atoms with Gasteiger partial charge in [-0.05, 0) is 58.4 Å². The Morgan fingerprint density at radius 3 is 2.64 bits per heavy atom. The summed E-state index contributed by atoms with van der Waals surface area (Å²) in [5, 5.41) is 15.6. The van der Waals surface area contributed by atoms with Crippen molar-refractivity contribution in [3.63, 3.8) is 0 Å². The number of pyridine rings is 1. The summed E-state index contributed by atoms with van der Waals surface area (Å²) in [6, 6.07) is 7.99. The van der Waals surface area contributed by atoms with E-state index in [2.05, 4.69) is 25.8 Å². The molecule has 0 aliphatic rings. The van der Waals surface area contributed by atoms with Crippen LogP contribution < -0.4 is 16.4 Å². The zero-order valence-corrected chi connectivity index (χ0v) is 22.4. The maximum Gasteiger partial charge on any atom is 0.306 e. The second-order valence-electron chi connectivity index (χ2n) is 10.1. The zero-order chi connectivity index (χ0) is 28.2. The molecule has 1 atom stereocenters. The average Bonchev–Trinajstić information content (AvgIpc) is 3.53. The number of rotatable bonds is 11. The van der Waals surface area contributed by atoms with Crippen molar-refractivity contribution in [3.8, 4) is 0 Å². The van der Waals surface area contributed by atoms with Gasteiger partial charge in [-0.1, -0.05) is 6.07 Å². The van der Waals surface area contributed by atoms with E-state index in [1.165, 1.54) is 0 Å². The van der Waals surface area contributed by atoms with E-state index < -0.39 is 23.4 Å². The van der Waals surface area contributed by atoms with E-state index in [4.69, 9.17) is 10.5 Å². The molecule has 4 rings (SSSR count). The second-order valence-corrected chi connectivity index (χ2v) is 10.1. The Bertz CT molecular complexity index is 1460. The van der Waals surface area contributed by atoms with Crippen LogP contribution >= 0.6 is 0 Å². The zero-order valence-electron chi connectivity index (χ0n) is 22.4. The van der Waals surface area contributed by atoms with E-state index in [9.17, 15) is 9.59 Å². The van der Waals surface area contributed by atoms with Crippen molar-refractivity contribution in [2.24, 2.45) is 5.73 Å². The Balaban J connectivity index is 1.63. The number of nitrogens with two attached hydrogens (primary N) is 1. The van der Waals surface area contributed by atoms with Crippen LogP contribution in [-0.2, 0) is 22.6 Å². The number of carbonyl (C=O) groups excluding carboxylic acids is 2. The second kappa shape index (κ2) is 11.5. The molecule has 0 spiro atoms. The molecule has 1 amide bonds. The van der Waals surface area contributed by atoms with Crippen molar-refractivity contribution >= 4 is 40.1 Å². The molecule has 0 bridgehead atoms. The molecule has 4 aromatic rings. The fraction of sp³-hybridized carbons (Fsp3) is 0.370. The van der Waals surface area contributed by atoms with Crippen molar-refractivity contribution < 1.29 is 18.7 Å². The van der Waals surface area contributed by atoms with Gasteiger partial charge in [-0.3, -0.25) is 19.0 Å². The highest BCUT2D eigenvalue weighted by atomic mass is 19.1. The highest BCUT2D eigenvalue weighted by Crippen LogP contribution is 2.29. The maximum atomic E-state index is 15.2. The molecule has 3 heterocycles. The molecule has 1 aromatic carbocycles. The number of primary amides is 1. The fourth-order valence-electron chi connectivity index (χ4n) is 4.19. The summed E-state index contributed by atoms with van der Waals surface area (Å²) in [6.45, 7) is 8.40. The normalized spacial score (nSPS) is 12.3. The van der Waals surface area contributed by atoms with Gasteiger partial charge in [0.2, 0.25) is 0 Å². The van der Waals surface area contributed by atoms with E-state index in [1.54, 1.807) is 50.1 Å². The molecule has 12 heteroatoms. The molecule has 3 aromatic heterocycles. The summed E-state index contributed by atoms with van der Waals surface area (Å²) in [6.07, 6.45) is 5.54. The van der Waals surface area contributed by atoms with Gasteiger partial charge in [0.25, 0.3) is 5.91 Å². The van der Waals surface area contributed by atoms with Crippen LogP contribution in [0.1, 0.15) is 50.9 Å². The number of fused-ring (bicyclic) bond motifs is 1. The van der Waals surface area contributed by atoms with E-state index in [-0.39, 0.29) is 29.6 Å². The molecule has 4 N–H and O–H groups in total. The summed E-state index contributed by atoms with van der Waals surface area (Å²) in [5.74, 6) is -1.96. The molecule has 11 nitrogen and oxygen atoms in total.